The third-order valence-electron chi connectivity index (χ3n) is 2.65. The minimum absolute atomic E-state index is 0.0488. The van der Waals surface area contributed by atoms with Gasteiger partial charge in [0.05, 0.1) is 22.9 Å². The van der Waals surface area contributed by atoms with Crippen LogP contribution in [0.4, 0.5) is 5.69 Å². The summed E-state index contributed by atoms with van der Waals surface area (Å²) < 4.78 is 53.4. The Morgan fingerprint density at radius 1 is 1.15 bits per heavy atom. The zero-order chi connectivity index (χ0) is 15.6. The van der Waals surface area contributed by atoms with Gasteiger partial charge in [-0.2, -0.15) is 0 Å². The third-order valence-corrected chi connectivity index (χ3v) is 4.76. The van der Waals surface area contributed by atoms with Crippen molar-refractivity contribution in [3.8, 4) is 0 Å². The van der Waals surface area contributed by atoms with E-state index in [0.717, 1.165) is 0 Å². The smallest absolute Gasteiger partial charge is 0.238 e. The molecule has 0 aliphatic rings. The fourth-order valence-corrected chi connectivity index (χ4v) is 3.45. The number of rotatable bonds is 6. The number of primary sulfonamides is 1. The molecule has 0 radical (unpaired) electrons. The van der Waals surface area contributed by atoms with Gasteiger partial charge in [0.25, 0.3) is 0 Å². The average Bonchev–Trinajstić information content (AvgIpc) is 2.30. The largest absolute Gasteiger partial charge is 0.384 e. The van der Waals surface area contributed by atoms with Gasteiger partial charge in [0, 0.05) is 7.11 Å². The standard InChI is InChI=1S/C11H18N2O5S2/c1-8-6-10(20(12,16)17)7-9(2)11(8)13-19(14,15)5-4-18-3/h6-7,13H,4-5H2,1-3H3,(H2,12,16,17). The van der Waals surface area contributed by atoms with E-state index in [0.29, 0.717) is 16.8 Å². The Morgan fingerprint density at radius 3 is 2.05 bits per heavy atom. The van der Waals surface area contributed by atoms with Gasteiger partial charge >= 0.3 is 0 Å². The Kier molecular flexibility index (Phi) is 5.14. The van der Waals surface area contributed by atoms with Crippen LogP contribution >= 0.6 is 0 Å². The topological polar surface area (TPSA) is 116 Å². The fraction of sp³-hybridized carbons (Fsp3) is 0.455. The van der Waals surface area contributed by atoms with Crippen molar-refractivity contribution in [2.75, 3.05) is 24.2 Å². The number of nitrogens with two attached hydrogens (primary N) is 1. The van der Waals surface area contributed by atoms with E-state index in [4.69, 9.17) is 9.88 Å². The van der Waals surface area contributed by atoms with Crippen molar-refractivity contribution >= 4 is 25.7 Å². The van der Waals surface area contributed by atoms with Crippen LogP contribution in [0.3, 0.4) is 0 Å². The summed E-state index contributed by atoms with van der Waals surface area (Å²) in [5, 5.41) is 5.05. The van der Waals surface area contributed by atoms with Crippen LogP contribution < -0.4 is 9.86 Å². The van der Waals surface area contributed by atoms with Gasteiger partial charge in [-0.1, -0.05) is 0 Å². The van der Waals surface area contributed by atoms with Crippen LogP contribution in [0.5, 0.6) is 0 Å². The van der Waals surface area contributed by atoms with E-state index in [-0.39, 0.29) is 17.3 Å². The SMILES string of the molecule is COCCS(=O)(=O)Nc1c(C)cc(S(N)(=O)=O)cc1C. The van der Waals surface area contributed by atoms with Crippen molar-refractivity contribution in [2.45, 2.75) is 18.7 Å². The number of methoxy groups -OCH3 is 1. The van der Waals surface area contributed by atoms with Crippen molar-refractivity contribution < 1.29 is 21.6 Å². The highest BCUT2D eigenvalue weighted by Crippen LogP contribution is 2.25. The van der Waals surface area contributed by atoms with Crippen molar-refractivity contribution in [2.24, 2.45) is 5.14 Å². The van der Waals surface area contributed by atoms with E-state index >= 15 is 0 Å². The predicted molar refractivity (Wildman–Crippen MR) is 76.6 cm³/mol. The number of sulfonamides is 2. The Hall–Kier alpha value is -1.16. The molecule has 0 saturated carbocycles. The summed E-state index contributed by atoms with van der Waals surface area (Å²) in [4.78, 5) is -0.0488. The van der Waals surface area contributed by atoms with Gasteiger partial charge in [-0.3, -0.25) is 4.72 Å². The second kappa shape index (κ2) is 6.08. The van der Waals surface area contributed by atoms with Gasteiger partial charge in [-0.25, -0.2) is 22.0 Å². The molecule has 0 fully saturated rings. The molecule has 0 atom stereocenters. The average molecular weight is 322 g/mol. The quantitative estimate of drug-likeness (QED) is 0.783. The molecule has 20 heavy (non-hydrogen) atoms. The lowest BCUT2D eigenvalue weighted by molar-refractivity contribution is 0.217. The molecule has 7 nitrogen and oxygen atoms in total. The fourth-order valence-electron chi connectivity index (χ4n) is 1.65. The zero-order valence-corrected chi connectivity index (χ0v) is 13.1. The molecule has 0 unspecified atom stereocenters. The lowest BCUT2D eigenvalue weighted by atomic mass is 10.1. The van der Waals surface area contributed by atoms with Crippen molar-refractivity contribution in [3.63, 3.8) is 0 Å². The van der Waals surface area contributed by atoms with E-state index in [1.807, 2.05) is 0 Å². The summed E-state index contributed by atoms with van der Waals surface area (Å²) in [7, 11) is -5.96. The minimum atomic E-state index is -3.82. The molecular weight excluding hydrogens is 304 g/mol. The molecule has 3 N–H and O–H groups in total. The number of hydrogen-bond donors (Lipinski definition) is 2. The van der Waals surface area contributed by atoms with Gasteiger partial charge in [0.2, 0.25) is 20.0 Å². The number of anilines is 1. The highest BCUT2D eigenvalue weighted by Gasteiger charge is 2.16. The first kappa shape index (κ1) is 16.9. The van der Waals surface area contributed by atoms with Gasteiger partial charge in [-0.05, 0) is 37.1 Å². The summed E-state index contributed by atoms with van der Waals surface area (Å²) in [6.45, 7) is 3.29. The highest BCUT2D eigenvalue weighted by atomic mass is 32.2. The van der Waals surface area contributed by atoms with E-state index in [9.17, 15) is 16.8 Å². The lowest BCUT2D eigenvalue weighted by Crippen LogP contribution is -2.21. The molecule has 114 valence electrons. The summed E-state index contributed by atoms with van der Waals surface area (Å²) in [5.74, 6) is -0.181. The molecule has 0 amide bonds. The second-order valence-corrected chi connectivity index (χ2v) is 7.79. The maximum atomic E-state index is 11.8. The van der Waals surface area contributed by atoms with Gasteiger partial charge in [-0.15, -0.1) is 0 Å². The summed E-state index contributed by atoms with van der Waals surface area (Å²) in [6.07, 6.45) is 0. The monoisotopic (exact) mass is 322 g/mol. The summed E-state index contributed by atoms with van der Waals surface area (Å²) in [6, 6.07) is 2.66. The molecule has 0 spiro atoms. The molecule has 1 aromatic carbocycles. The maximum absolute atomic E-state index is 11.8. The molecule has 0 heterocycles. The third kappa shape index (κ3) is 4.44. The van der Waals surface area contributed by atoms with Crippen LogP contribution in [0.2, 0.25) is 0 Å². The molecule has 0 saturated heterocycles. The molecule has 0 aliphatic carbocycles. The van der Waals surface area contributed by atoms with E-state index in [2.05, 4.69) is 4.72 Å². The first-order valence-electron chi connectivity index (χ1n) is 5.70. The van der Waals surface area contributed by atoms with E-state index in [1.165, 1.54) is 19.2 Å². The van der Waals surface area contributed by atoms with Crippen LogP contribution in [-0.2, 0) is 24.8 Å². The second-order valence-electron chi connectivity index (χ2n) is 4.39. The summed E-state index contributed by atoms with van der Waals surface area (Å²) in [5.41, 5.74) is 1.32. The zero-order valence-electron chi connectivity index (χ0n) is 11.5. The molecule has 9 heteroatoms. The lowest BCUT2D eigenvalue weighted by Gasteiger charge is -2.14. The Balaban J connectivity index is 3.16. The number of ether oxygens (including phenoxy) is 1. The number of hydrogen-bond acceptors (Lipinski definition) is 5. The van der Waals surface area contributed by atoms with Gasteiger partial charge in [0.15, 0.2) is 0 Å². The van der Waals surface area contributed by atoms with Crippen molar-refractivity contribution in [1.82, 2.24) is 0 Å². The maximum Gasteiger partial charge on any atom is 0.238 e. The highest BCUT2D eigenvalue weighted by molar-refractivity contribution is 7.92. The molecule has 1 rings (SSSR count). The van der Waals surface area contributed by atoms with E-state index in [1.54, 1.807) is 13.8 Å². The first-order valence-corrected chi connectivity index (χ1v) is 8.90. The Morgan fingerprint density at radius 2 is 1.65 bits per heavy atom. The van der Waals surface area contributed by atoms with Crippen LogP contribution in [0, 0.1) is 13.8 Å². The minimum Gasteiger partial charge on any atom is -0.384 e. The van der Waals surface area contributed by atoms with Crippen LogP contribution in [0.25, 0.3) is 0 Å². The Bertz CT molecular complexity index is 673. The van der Waals surface area contributed by atoms with Crippen molar-refractivity contribution in [1.29, 1.82) is 0 Å². The number of aryl methyl sites for hydroxylation is 2. The predicted octanol–water partition coefficient (Wildman–Crippen LogP) is 0.339. The van der Waals surface area contributed by atoms with Gasteiger partial charge < -0.3 is 4.74 Å². The molecular formula is C11H18N2O5S2. The number of benzene rings is 1. The first-order chi connectivity index (χ1) is 9.07. The molecule has 0 aromatic heterocycles. The van der Waals surface area contributed by atoms with E-state index < -0.39 is 20.0 Å². The van der Waals surface area contributed by atoms with Crippen molar-refractivity contribution in [3.05, 3.63) is 23.3 Å². The molecule has 1 aromatic rings. The number of nitrogens with one attached hydrogen (secondary N) is 1. The van der Waals surface area contributed by atoms with Gasteiger partial charge in [0.1, 0.15) is 0 Å². The van der Waals surface area contributed by atoms with Crippen LogP contribution in [0.1, 0.15) is 11.1 Å². The summed E-state index contributed by atoms with van der Waals surface area (Å²) >= 11 is 0. The van der Waals surface area contributed by atoms with Crippen LogP contribution in [0.15, 0.2) is 17.0 Å². The van der Waals surface area contributed by atoms with Crippen LogP contribution in [-0.4, -0.2) is 36.3 Å². The normalized spacial score (nSPS) is 12.4. The molecule has 0 aliphatic heterocycles. The Labute approximate surface area is 119 Å². The molecule has 0 bridgehead atoms.